The molecule has 0 aliphatic carbocycles. The maximum atomic E-state index is 10.1. The normalized spacial score (nSPS) is 11.1. The average molecular weight is 626 g/mol. The fourth-order valence-electron chi connectivity index (χ4n) is 2.67. The highest BCUT2D eigenvalue weighted by atomic mass is 127. The lowest BCUT2D eigenvalue weighted by molar-refractivity contribution is -0.400. The van der Waals surface area contributed by atoms with Crippen LogP contribution in [0.1, 0.15) is 5.56 Å². The predicted molar refractivity (Wildman–Crippen MR) is 127 cm³/mol. The van der Waals surface area contributed by atoms with Crippen molar-refractivity contribution in [1.29, 1.82) is 0 Å². The number of halogens is 2. The van der Waals surface area contributed by atoms with Crippen molar-refractivity contribution in [2.24, 2.45) is 0 Å². The lowest BCUT2D eigenvalue weighted by Crippen LogP contribution is -1.87. The van der Waals surface area contributed by atoms with E-state index in [1.165, 1.54) is 6.08 Å². The molecule has 0 saturated carbocycles. The molecule has 0 aliphatic heterocycles. The van der Waals surface area contributed by atoms with Gasteiger partial charge in [0.05, 0.1) is 23.5 Å². The topological polar surface area (TPSA) is 119 Å². The third-order valence-electron chi connectivity index (χ3n) is 4.06. The third kappa shape index (κ3) is 4.48. The van der Waals surface area contributed by atoms with Gasteiger partial charge in [0.25, 0.3) is 0 Å². The molecule has 0 bridgehead atoms. The molecule has 0 spiro atoms. The van der Waals surface area contributed by atoms with E-state index in [2.05, 4.69) is 70.6 Å². The van der Waals surface area contributed by atoms with Crippen molar-refractivity contribution in [2.75, 3.05) is 0 Å². The van der Waals surface area contributed by atoms with E-state index in [0.29, 0.717) is 0 Å². The second-order valence-corrected chi connectivity index (χ2v) is 8.16. The van der Waals surface area contributed by atoms with E-state index in [1.807, 2.05) is 39.5 Å². The van der Waals surface area contributed by atoms with Crippen LogP contribution in [0, 0.1) is 17.5 Å². The Kier molecular flexibility index (Phi) is 6.03. The number of rotatable bonds is 3. The molecule has 0 fully saturated rings. The first-order valence-corrected chi connectivity index (χ1v) is 10.6. The van der Waals surface area contributed by atoms with Crippen LogP contribution in [0.25, 0.3) is 28.6 Å². The molecule has 0 saturated heterocycles. The Hall–Kier alpha value is -2.88. The van der Waals surface area contributed by atoms with Crippen molar-refractivity contribution in [3.8, 4) is 11.3 Å². The number of hydrogen-bond acceptors (Lipinski definition) is 6. The molecule has 0 aliphatic rings. The van der Waals surface area contributed by atoms with Crippen LogP contribution < -0.4 is 0 Å². The molecule has 5 heterocycles. The summed E-state index contributed by atoms with van der Waals surface area (Å²) in [6.07, 6.45) is 11.5. The summed E-state index contributed by atoms with van der Waals surface area (Å²) in [6.45, 7) is 0. The van der Waals surface area contributed by atoms with Gasteiger partial charge in [0.2, 0.25) is 6.20 Å². The zero-order chi connectivity index (χ0) is 21.1. The molecule has 30 heavy (non-hydrogen) atoms. The van der Waals surface area contributed by atoms with Gasteiger partial charge >= 0.3 is 0 Å². The molecule has 10 nitrogen and oxygen atoms in total. The van der Waals surface area contributed by atoms with E-state index in [1.54, 1.807) is 24.5 Å². The monoisotopic (exact) mass is 626 g/mol. The van der Waals surface area contributed by atoms with Crippen molar-refractivity contribution >= 4 is 62.6 Å². The second kappa shape index (κ2) is 8.86. The summed E-state index contributed by atoms with van der Waals surface area (Å²) >= 11 is 4.42. The Morgan fingerprint density at radius 2 is 1.67 bits per heavy atom. The summed E-state index contributed by atoms with van der Waals surface area (Å²) in [7, 11) is 0. The molecule has 150 valence electrons. The largest absolute Gasteiger partial charge is 0.295 e. The fraction of sp³-hybridized carbons (Fsp3) is 0. The van der Waals surface area contributed by atoms with Crippen molar-refractivity contribution in [1.82, 2.24) is 34.2 Å². The van der Waals surface area contributed by atoms with E-state index in [0.717, 1.165) is 41.7 Å². The van der Waals surface area contributed by atoms with Crippen LogP contribution in [-0.4, -0.2) is 39.1 Å². The maximum Gasteiger partial charge on any atom is 0.235 e. The Balaban J connectivity index is 0.000000145. The quantitative estimate of drug-likeness (QED) is 0.184. The van der Waals surface area contributed by atoms with Gasteiger partial charge in [-0.25, -0.2) is 9.97 Å². The second-order valence-electron chi connectivity index (χ2n) is 5.95. The molecule has 0 unspecified atom stereocenters. The van der Waals surface area contributed by atoms with Crippen LogP contribution in [0.2, 0.25) is 0 Å². The Morgan fingerprint density at radius 1 is 1.00 bits per heavy atom. The summed E-state index contributed by atoms with van der Waals surface area (Å²) in [6, 6.07) is 7.58. The minimum absolute atomic E-state index is 0.487. The number of nitrogens with one attached hydrogen (secondary N) is 1. The maximum absolute atomic E-state index is 10.1. The van der Waals surface area contributed by atoms with Gasteiger partial charge in [-0.05, 0) is 75.0 Å². The summed E-state index contributed by atoms with van der Waals surface area (Å²) in [5, 5.41) is 20.5. The minimum atomic E-state index is -0.487. The number of aromatic nitrogens is 7. The van der Waals surface area contributed by atoms with Crippen LogP contribution in [0.3, 0.4) is 0 Å². The third-order valence-corrected chi connectivity index (χ3v) is 5.66. The zero-order valence-electron chi connectivity index (χ0n) is 15.1. The summed E-state index contributed by atoms with van der Waals surface area (Å²) in [5.41, 5.74) is 4.31. The van der Waals surface area contributed by atoms with Crippen molar-refractivity contribution in [2.45, 2.75) is 0 Å². The van der Waals surface area contributed by atoms with Crippen LogP contribution in [0.4, 0.5) is 0 Å². The lowest BCUT2D eigenvalue weighted by atomic mass is 10.2. The number of hydrogen-bond donors (Lipinski definition) is 1. The number of nitro groups is 1. The first-order chi connectivity index (χ1) is 14.5. The van der Waals surface area contributed by atoms with Crippen molar-refractivity contribution in [3.05, 3.63) is 84.5 Å². The molecular weight excluding hydrogens is 614 g/mol. The molecule has 1 N–H and O–H groups in total. The van der Waals surface area contributed by atoms with Gasteiger partial charge in [-0.3, -0.25) is 18.9 Å². The van der Waals surface area contributed by atoms with Gasteiger partial charge < -0.3 is 0 Å². The van der Waals surface area contributed by atoms with E-state index in [9.17, 15) is 10.1 Å². The molecule has 0 radical (unpaired) electrons. The predicted octanol–water partition coefficient (Wildman–Crippen LogP) is 3.91. The molecular formula is C18H12I2N8O2. The molecule has 5 aromatic heterocycles. The van der Waals surface area contributed by atoms with Crippen LogP contribution >= 0.6 is 45.2 Å². The molecule has 0 amide bonds. The molecule has 0 atom stereocenters. The van der Waals surface area contributed by atoms with Gasteiger partial charge in [-0.2, -0.15) is 15.4 Å². The van der Waals surface area contributed by atoms with E-state index < -0.39 is 4.92 Å². The highest BCUT2D eigenvalue weighted by molar-refractivity contribution is 14.1. The molecule has 5 aromatic rings. The number of nitrogens with zero attached hydrogens (tertiary/aromatic N) is 7. The van der Waals surface area contributed by atoms with Crippen molar-refractivity contribution in [3.63, 3.8) is 0 Å². The van der Waals surface area contributed by atoms with Gasteiger partial charge in [0.1, 0.15) is 24.4 Å². The number of H-pyrrole nitrogens is 1. The SMILES string of the molecule is Ic1cnc2cc(-c3cn[nH]n3)ccn12.O=[N+]([O-])/C=C/c1ccn2c(I)cnc2c1. The van der Waals surface area contributed by atoms with Gasteiger partial charge in [0.15, 0.2) is 0 Å². The number of fused-ring (bicyclic) bond motifs is 2. The first kappa shape index (κ1) is 20.4. The number of pyridine rings is 2. The minimum Gasteiger partial charge on any atom is -0.295 e. The van der Waals surface area contributed by atoms with E-state index in [-0.39, 0.29) is 0 Å². The number of imidazole rings is 2. The van der Waals surface area contributed by atoms with Gasteiger partial charge in [0, 0.05) is 24.0 Å². The fourth-order valence-corrected chi connectivity index (χ4v) is 3.76. The lowest BCUT2D eigenvalue weighted by Gasteiger charge is -1.98. The first-order valence-electron chi connectivity index (χ1n) is 8.44. The van der Waals surface area contributed by atoms with E-state index in [4.69, 9.17) is 0 Å². The van der Waals surface area contributed by atoms with Crippen LogP contribution in [0.15, 0.2) is 61.4 Å². The van der Waals surface area contributed by atoms with E-state index >= 15 is 0 Å². The average Bonchev–Trinajstić information content (AvgIpc) is 3.48. The van der Waals surface area contributed by atoms with Gasteiger partial charge in [-0.15, -0.1) is 0 Å². The van der Waals surface area contributed by atoms with Crippen LogP contribution in [0.5, 0.6) is 0 Å². The molecule has 5 rings (SSSR count). The highest BCUT2D eigenvalue weighted by Gasteiger charge is 2.04. The van der Waals surface area contributed by atoms with Gasteiger partial charge in [-0.1, -0.05) is 0 Å². The smallest absolute Gasteiger partial charge is 0.235 e. The van der Waals surface area contributed by atoms with Crippen LogP contribution in [-0.2, 0) is 0 Å². The van der Waals surface area contributed by atoms with Crippen molar-refractivity contribution < 1.29 is 4.92 Å². The molecule has 0 aromatic carbocycles. The molecule has 12 heteroatoms. The standard InChI is InChI=1S/C9H6IN5.C9H6IN3O2/c10-8-5-11-9-3-6(1-2-15(8)9)7-4-12-14-13-7;10-8-6-11-9-5-7(1-3-12(8)9)2-4-13(14)15/h1-5H,(H,12,13,14);1-6H/b;4-2+. The highest BCUT2D eigenvalue weighted by Crippen LogP contribution is 2.18. The number of aromatic amines is 1. The summed E-state index contributed by atoms with van der Waals surface area (Å²) < 4.78 is 6.02. The zero-order valence-corrected chi connectivity index (χ0v) is 19.4. The summed E-state index contributed by atoms with van der Waals surface area (Å²) in [4.78, 5) is 18.1. The Bertz CT molecular complexity index is 1360. The summed E-state index contributed by atoms with van der Waals surface area (Å²) in [5.74, 6) is 0. The Labute approximate surface area is 196 Å². The Morgan fingerprint density at radius 3 is 2.30 bits per heavy atom.